The van der Waals surface area contributed by atoms with Gasteiger partial charge < -0.3 is 28.4 Å². The SMILES string of the molecule is Cc1cc(C(=O)Oc2ccc3ccccc3c2-c2c(OC(=O)c3ccc(OCCCC4CO4)c(C)c3)ccc3ccccc23)ccc1OCCCC1CO1. The topological polar surface area (TPSA) is 96.1 Å². The van der Waals surface area contributed by atoms with Crippen LogP contribution in [0.4, 0.5) is 0 Å². The minimum absolute atomic E-state index is 0.346. The van der Waals surface area contributed by atoms with Crippen LogP contribution in [0, 0.1) is 13.8 Å². The van der Waals surface area contributed by atoms with Crippen molar-refractivity contribution in [3.63, 3.8) is 0 Å². The Morgan fingerprint density at radius 2 is 0.963 bits per heavy atom. The zero-order chi connectivity index (χ0) is 37.0. The highest BCUT2D eigenvalue weighted by Gasteiger charge is 2.25. The summed E-state index contributed by atoms with van der Waals surface area (Å²) in [5.41, 5.74) is 3.77. The number of hydrogen-bond donors (Lipinski definition) is 0. The molecule has 0 radical (unpaired) electrons. The largest absolute Gasteiger partial charge is 0.493 e. The molecule has 6 aromatic carbocycles. The maximum atomic E-state index is 13.8. The van der Waals surface area contributed by atoms with E-state index in [1.807, 2.05) is 86.6 Å². The first-order chi connectivity index (χ1) is 26.4. The predicted octanol–water partition coefficient (Wildman–Crippen LogP) is 9.83. The zero-order valence-electron chi connectivity index (χ0n) is 30.5. The van der Waals surface area contributed by atoms with Crippen LogP contribution in [0.25, 0.3) is 32.7 Å². The van der Waals surface area contributed by atoms with E-state index in [4.69, 9.17) is 28.4 Å². The molecule has 2 saturated heterocycles. The minimum Gasteiger partial charge on any atom is -0.493 e. The fourth-order valence-corrected chi connectivity index (χ4v) is 6.84. The molecular formula is C46H42O8. The molecule has 2 fully saturated rings. The van der Waals surface area contributed by atoms with Gasteiger partial charge in [0.2, 0.25) is 0 Å². The van der Waals surface area contributed by atoms with Crippen LogP contribution < -0.4 is 18.9 Å². The summed E-state index contributed by atoms with van der Waals surface area (Å²) in [5.74, 6) is 1.13. The van der Waals surface area contributed by atoms with Gasteiger partial charge in [0.25, 0.3) is 0 Å². The molecule has 8 rings (SSSR count). The van der Waals surface area contributed by atoms with Crippen LogP contribution >= 0.6 is 0 Å². The number of carbonyl (C=O) groups is 2. The van der Waals surface area contributed by atoms with Crippen molar-refractivity contribution in [2.24, 2.45) is 0 Å². The summed E-state index contributed by atoms with van der Waals surface area (Å²) < 4.78 is 35.1. The van der Waals surface area contributed by atoms with Crippen LogP contribution in [0.2, 0.25) is 0 Å². The van der Waals surface area contributed by atoms with Crippen LogP contribution in [-0.4, -0.2) is 50.6 Å². The summed E-state index contributed by atoms with van der Waals surface area (Å²) in [4.78, 5) is 27.7. The highest BCUT2D eigenvalue weighted by molar-refractivity contribution is 6.11. The number of hydrogen-bond acceptors (Lipinski definition) is 8. The normalized spacial score (nSPS) is 15.9. The summed E-state index contributed by atoms with van der Waals surface area (Å²) in [5, 5.41) is 3.58. The van der Waals surface area contributed by atoms with Crippen molar-refractivity contribution in [3.05, 3.63) is 131 Å². The molecule has 0 bridgehead atoms. The van der Waals surface area contributed by atoms with Gasteiger partial charge >= 0.3 is 11.9 Å². The molecule has 2 aliphatic rings. The monoisotopic (exact) mass is 722 g/mol. The van der Waals surface area contributed by atoms with E-state index in [1.165, 1.54) is 0 Å². The average Bonchev–Trinajstić information content (AvgIpc) is 4.13. The summed E-state index contributed by atoms with van der Waals surface area (Å²) in [7, 11) is 0. The van der Waals surface area contributed by atoms with E-state index in [0.29, 0.717) is 59.2 Å². The number of benzene rings is 6. The van der Waals surface area contributed by atoms with E-state index in [0.717, 1.165) is 83.1 Å². The number of ether oxygens (including phenoxy) is 6. The number of epoxide rings is 2. The molecule has 54 heavy (non-hydrogen) atoms. The van der Waals surface area contributed by atoms with Gasteiger partial charge in [-0.3, -0.25) is 0 Å². The summed E-state index contributed by atoms with van der Waals surface area (Å²) in [6, 6.07) is 33.9. The lowest BCUT2D eigenvalue weighted by Crippen LogP contribution is -2.12. The quantitative estimate of drug-likeness (QED) is 0.0448. The van der Waals surface area contributed by atoms with Crippen LogP contribution in [0.15, 0.2) is 109 Å². The van der Waals surface area contributed by atoms with Gasteiger partial charge in [0.15, 0.2) is 0 Å². The Labute approximate surface area is 314 Å². The molecule has 2 unspecified atom stereocenters. The van der Waals surface area contributed by atoms with Crippen molar-refractivity contribution in [3.8, 4) is 34.1 Å². The number of aryl methyl sites for hydroxylation is 2. The molecule has 2 heterocycles. The number of carbonyl (C=O) groups excluding carboxylic acids is 2. The third-order valence-corrected chi connectivity index (χ3v) is 9.92. The van der Waals surface area contributed by atoms with Crippen molar-refractivity contribution >= 4 is 33.5 Å². The first-order valence-electron chi connectivity index (χ1n) is 18.6. The van der Waals surface area contributed by atoms with Gasteiger partial charge in [-0.1, -0.05) is 60.7 Å². The molecule has 8 nitrogen and oxygen atoms in total. The minimum atomic E-state index is -0.510. The molecule has 2 aliphatic heterocycles. The van der Waals surface area contributed by atoms with E-state index in [2.05, 4.69) is 0 Å². The Morgan fingerprint density at radius 3 is 1.37 bits per heavy atom. The fraction of sp³-hybridized carbons (Fsp3) is 0.261. The molecule has 274 valence electrons. The molecule has 0 aliphatic carbocycles. The summed E-state index contributed by atoms with van der Waals surface area (Å²) >= 11 is 0. The Kier molecular flexibility index (Phi) is 10.3. The van der Waals surface area contributed by atoms with Crippen LogP contribution in [0.5, 0.6) is 23.0 Å². The van der Waals surface area contributed by atoms with Crippen LogP contribution in [0.3, 0.4) is 0 Å². The van der Waals surface area contributed by atoms with Gasteiger partial charge in [-0.25, -0.2) is 9.59 Å². The molecule has 2 atom stereocenters. The Morgan fingerprint density at radius 1 is 0.556 bits per heavy atom. The second-order valence-corrected chi connectivity index (χ2v) is 14.0. The lowest BCUT2D eigenvalue weighted by molar-refractivity contribution is 0.0723. The first-order valence-corrected chi connectivity index (χ1v) is 18.6. The Bertz CT molecular complexity index is 2170. The van der Waals surface area contributed by atoms with Crippen molar-refractivity contribution in [1.29, 1.82) is 0 Å². The third-order valence-electron chi connectivity index (χ3n) is 9.92. The molecule has 8 heteroatoms. The van der Waals surface area contributed by atoms with E-state index in [-0.39, 0.29) is 0 Å². The Balaban J connectivity index is 1.10. The first kappa shape index (κ1) is 35.3. The van der Waals surface area contributed by atoms with E-state index in [9.17, 15) is 9.59 Å². The maximum absolute atomic E-state index is 13.8. The molecule has 0 amide bonds. The summed E-state index contributed by atoms with van der Waals surface area (Å²) in [6.07, 6.45) is 4.51. The molecule has 0 saturated carbocycles. The van der Waals surface area contributed by atoms with Gasteiger partial charge in [-0.05, 0) is 121 Å². The van der Waals surface area contributed by atoms with Crippen molar-refractivity contribution in [1.82, 2.24) is 0 Å². The van der Waals surface area contributed by atoms with Gasteiger partial charge in [-0.2, -0.15) is 0 Å². The average molecular weight is 723 g/mol. The number of fused-ring (bicyclic) bond motifs is 2. The van der Waals surface area contributed by atoms with Crippen LogP contribution in [0.1, 0.15) is 57.5 Å². The second-order valence-electron chi connectivity index (χ2n) is 14.0. The van der Waals surface area contributed by atoms with E-state index in [1.54, 1.807) is 36.4 Å². The van der Waals surface area contributed by atoms with E-state index < -0.39 is 11.9 Å². The van der Waals surface area contributed by atoms with Gasteiger partial charge in [-0.15, -0.1) is 0 Å². The molecule has 0 N–H and O–H groups in total. The molecule has 0 aromatic heterocycles. The lowest BCUT2D eigenvalue weighted by Gasteiger charge is -2.19. The zero-order valence-corrected chi connectivity index (χ0v) is 30.5. The maximum Gasteiger partial charge on any atom is 0.343 e. The van der Waals surface area contributed by atoms with Crippen LogP contribution in [-0.2, 0) is 9.47 Å². The van der Waals surface area contributed by atoms with Crippen molar-refractivity contribution in [2.75, 3.05) is 26.4 Å². The summed E-state index contributed by atoms with van der Waals surface area (Å²) in [6.45, 7) is 6.68. The number of rotatable bonds is 15. The van der Waals surface area contributed by atoms with Crippen molar-refractivity contribution < 1.29 is 38.0 Å². The third kappa shape index (κ3) is 8.10. The second kappa shape index (κ2) is 15.7. The molecule has 0 spiro atoms. The van der Waals surface area contributed by atoms with Crippen molar-refractivity contribution in [2.45, 2.75) is 51.7 Å². The number of esters is 2. The fourth-order valence-electron chi connectivity index (χ4n) is 6.84. The molecule has 6 aromatic rings. The standard InChI is InChI=1S/C46H42O8/c1-29-25-33(17-19-39(29)49-23-7-11-35-27-51-35)45(47)53-41-21-15-31-9-3-5-13-37(31)43(41)44-38-14-6-4-10-32(38)16-22-42(44)54-46(48)34-18-20-40(30(2)26-34)50-24-8-12-36-28-52-36/h3-6,9-10,13-22,25-26,35-36H,7-8,11-12,23-24,27-28H2,1-2H3. The van der Waals surface area contributed by atoms with Gasteiger partial charge in [0, 0.05) is 11.1 Å². The van der Waals surface area contributed by atoms with Gasteiger partial charge in [0.05, 0.1) is 49.8 Å². The Hall–Kier alpha value is -5.70. The lowest BCUT2D eigenvalue weighted by atomic mass is 9.92. The molecular weight excluding hydrogens is 680 g/mol. The smallest absolute Gasteiger partial charge is 0.343 e. The predicted molar refractivity (Wildman–Crippen MR) is 208 cm³/mol. The van der Waals surface area contributed by atoms with Gasteiger partial charge in [0.1, 0.15) is 23.0 Å². The highest BCUT2D eigenvalue weighted by Crippen LogP contribution is 2.46. The van der Waals surface area contributed by atoms with E-state index >= 15 is 0 Å². The highest BCUT2D eigenvalue weighted by atomic mass is 16.6.